The maximum atomic E-state index is 14.1. The molecule has 1 aromatic rings. The van der Waals surface area contributed by atoms with Gasteiger partial charge in [-0.15, -0.1) is 0 Å². The predicted molar refractivity (Wildman–Crippen MR) is 83.8 cm³/mol. The number of halogens is 2. The molecular formula is C17H22F2N2O3. The summed E-state index contributed by atoms with van der Waals surface area (Å²) in [6.07, 6.45) is 1.64. The highest BCUT2D eigenvalue weighted by Gasteiger charge is 2.25. The zero-order valence-electron chi connectivity index (χ0n) is 13.7. The van der Waals surface area contributed by atoms with E-state index in [0.717, 1.165) is 25.0 Å². The first kappa shape index (κ1) is 17.0. The summed E-state index contributed by atoms with van der Waals surface area (Å²) in [6, 6.07) is 2.27. The van der Waals surface area contributed by atoms with E-state index in [4.69, 9.17) is 9.47 Å². The lowest BCUT2D eigenvalue weighted by molar-refractivity contribution is 0.0744. The van der Waals surface area contributed by atoms with Gasteiger partial charge in [0, 0.05) is 37.8 Å². The van der Waals surface area contributed by atoms with Crippen LogP contribution in [0.2, 0.25) is 0 Å². The van der Waals surface area contributed by atoms with E-state index in [2.05, 4.69) is 5.32 Å². The molecule has 5 nitrogen and oxygen atoms in total. The standard InChI is InChI=1S/C17H22F2N2O3/c1-11-8-20-4-5-21(11)17(22)24-10-14-15(18)6-13(7-16(14)19)23-9-12-2-3-12/h6-7,11-12,20H,2-5,8-10H2,1H3. The Morgan fingerprint density at radius 3 is 2.67 bits per heavy atom. The fraction of sp³-hybridized carbons (Fsp3) is 0.588. The van der Waals surface area contributed by atoms with Gasteiger partial charge in [-0.2, -0.15) is 0 Å². The number of hydrogen-bond acceptors (Lipinski definition) is 4. The van der Waals surface area contributed by atoms with E-state index in [1.807, 2.05) is 6.92 Å². The van der Waals surface area contributed by atoms with Crippen molar-refractivity contribution in [1.29, 1.82) is 0 Å². The van der Waals surface area contributed by atoms with Gasteiger partial charge in [-0.3, -0.25) is 0 Å². The molecule has 1 saturated heterocycles. The third-order valence-corrected chi connectivity index (χ3v) is 4.37. The minimum Gasteiger partial charge on any atom is -0.493 e. The molecule has 1 aliphatic heterocycles. The smallest absolute Gasteiger partial charge is 0.410 e. The molecule has 0 aromatic heterocycles. The highest BCUT2D eigenvalue weighted by molar-refractivity contribution is 5.68. The van der Waals surface area contributed by atoms with Gasteiger partial charge in [0.15, 0.2) is 0 Å². The highest BCUT2D eigenvalue weighted by atomic mass is 19.1. The lowest BCUT2D eigenvalue weighted by Crippen LogP contribution is -2.52. The van der Waals surface area contributed by atoms with E-state index < -0.39 is 24.3 Å². The molecule has 1 atom stereocenters. The molecular weight excluding hydrogens is 318 g/mol. The Morgan fingerprint density at radius 1 is 1.33 bits per heavy atom. The van der Waals surface area contributed by atoms with Gasteiger partial charge in [0.25, 0.3) is 0 Å². The van der Waals surface area contributed by atoms with Gasteiger partial charge in [0.1, 0.15) is 24.0 Å². The quantitative estimate of drug-likeness (QED) is 0.895. The highest BCUT2D eigenvalue weighted by Crippen LogP contribution is 2.30. The first-order valence-corrected chi connectivity index (χ1v) is 8.29. The summed E-state index contributed by atoms with van der Waals surface area (Å²) in [4.78, 5) is 13.6. The van der Waals surface area contributed by atoms with Crippen molar-refractivity contribution in [2.75, 3.05) is 26.2 Å². The molecule has 1 unspecified atom stereocenters. The Labute approximate surface area is 139 Å². The number of carbonyl (C=O) groups excluding carboxylic acids is 1. The van der Waals surface area contributed by atoms with Crippen LogP contribution in [0.3, 0.4) is 0 Å². The summed E-state index contributed by atoms with van der Waals surface area (Å²) < 4.78 is 38.6. The average molecular weight is 340 g/mol. The third kappa shape index (κ3) is 4.14. The molecule has 1 amide bonds. The molecule has 1 heterocycles. The third-order valence-electron chi connectivity index (χ3n) is 4.37. The Hall–Kier alpha value is -1.89. The van der Waals surface area contributed by atoms with Crippen LogP contribution in [0.25, 0.3) is 0 Å². The lowest BCUT2D eigenvalue weighted by atomic mass is 10.2. The van der Waals surface area contributed by atoms with Crippen LogP contribution in [0, 0.1) is 17.6 Å². The van der Waals surface area contributed by atoms with Crippen LogP contribution in [-0.4, -0.2) is 43.3 Å². The van der Waals surface area contributed by atoms with Crippen LogP contribution in [0.15, 0.2) is 12.1 Å². The molecule has 2 aliphatic rings. The Morgan fingerprint density at radius 2 is 2.04 bits per heavy atom. The first-order valence-electron chi connectivity index (χ1n) is 8.29. The monoisotopic (exact) mass is 340 g/mol. The SMILES string of the molecule is CC1CNCCN1C(=O)OCc1c(F)cc(OCC2CC2)cc1F. The molecule has 7 heteroatoms. The van der Waals surface area contributed by atoms with Crippen LogP contribution >= 0.6 is 0 Å². The maximum Gasteiger partial charge on any atom is 0.410 e. The molecule has 2 fully saturated rings. The lowest BCUT2D eigenvalue weighted by Gasteiger charge is -2.33. The summed E-state index contributed by atoms with van der Waals surface area (Å²) in [7, 11) is 0. The normalized spacial score (nSPS) is 20.8. The fourth-order valence-electron chi connectivity index (χ4n) is 2.63. The van der Waals surface area contributed by atoms with Crippen LogP contribution in [0.1, 0.15) is 25.3 Å². The number of benzene rings is 1. The number of rotatable bonds is 5. The van der Waals surface area contributed by atoms with Crippen molar-refractivity contribution in [3.63, 3.8) is 0 Å². The van der Waals surface area contributed by atoms with Crippen molar-refractivity contribution >= 4 is 6.09 Å². The summed E-state index contributed by atoms with van der Waals surface area (Å²) in [5.41, 5.74) is -0.259. The van der Waals surface area contributed by atoms with Crippen molar-refractivity contribution in [1.82, 2.24) is 10.2 Å². The second-order valence-electron chi connectivity index (χ2n) is 6.42. The summed E-state index contributed by atoms with van der Waals surface area (Å²) in [6.45, 7) is 3.80. The average Bonchev–Trinajstić information content (AvgIpc) is 3.36. The van der Waals surface area contributed by atoms with E-state index in [1.54, 1.807) is 4.90 Å². The molecule has 0 spiro atoms. The summed E-state index contributed by atoms with van der Waals surface area (Å²) in [5, 5.41) is 3.16. The van der Waals surface area contributed by atoms with Crippen LogP contribution in [0.4, 0.5) is 13.6 Å². The van der Waals surface area contributed by atoms with Crippen molar-refractivity contribution in [2.24, 2.45) is 5.92 Å². The maximum absolute atomic E-state index is 14.1. The van der Waals surface area contributed by atoms with Gasteiger partial charge >= 0.3 is 6.09 Å². The van der Waals surface area contributed by atoms with Crippen molar-refractivity contribution < 1.29 is 23.0 Å². The Bertz CT molecular complexity index is 584. The van der Waals surface area contributed by atoms with Gasteiger partial charge in [-0.05, 0) is 25.7 Å². The number of nitrogens with zero attached hydrogens (tertiary/aromatic N) is 1. The minimum atomic E-state index is -0.762. The summed E-state index contributed by atoms with van der Waals surface area (Å²) >= 11 is 0. The molecule has 132 valence electrons. The molecule has 1 saturated carbocycles. The predicted octanol–water partition coefficient (Wildman–Crippen LogP) is 2.68. The van der Waals surface area contributed by atoms with Crippen molar-refractivity contribution in [2.45, 2.75) is 32.4 Å². The number of nitrogens with one attached hydrogen (secondary N) is 1. The van der Waals surface area contributed by atoms with Crippen LogP contribution in [-0.2, 0) is 11.3 Å². The number of amides is 1. The van der Waals surface area contributed by atoms with Crippen LogP contribution in [0.5, 0.6) is 5.75 Å². The van der Waals surface area contributed by atoms with E-state index in [-0.39, 0.29) is 17.4 Å². The molecule has 1 N–H and O–H groups in total. The molecule has 24 heavy (non-hydrogen) atoms. The largest absolute Gasteiger partial charge is 0.493 e. The van der Waals surface area contributed by atoms with E-state index in [9.17, 15) is 13.6 Å². The fourth-order valence-corrected chi connectivity index (χ4v) is 2.63. The zero-order valence-corrected chi connectivity index (χ0v) is 13.7. The van der Waals surface area contributed by atoms with Gasteiger partial charge in [0.05, 0.1) is 12.2 Å². The molecule has 1 aromatic carbocycles. The van der Waals surface area contributed by atoms with Crippen molar-refractivity contribution in [3.8, 4) is 5.75 Å². The number of hydrogen-bond donors (Lipinski definition) is 1. The van der Waals surface area contributed by atoms with Crippen molar-refractivity contribution in [3.05, 3.63) is 29.3 Å². The summed E-state index contributed by atoms with van der Waals surface area (Å²) in [5.74, 6) is -0.857. The first-order chi connectivity index (χ1) is 11.5. The van der Waals surface area contributed by atoms with Crippen LogP contribution < -0.4 is 10.1 Å². The minimum absolute atomic E-state index is 0.0147. The number of piperazine rings is 1. The Kier molecular flexibility index (Phi) is 5.18. The molecule has 3 rings (SSSR count). The topological polar surface area (TPSA) is 50.8 Å². The number of carbonyl (C=O) groups is 1. The Balaban J connectivity index is 1.58. The molecule has 1 aliphatic carbocycles. The van der Waals surface area contributed by atoms with E-state index in [1.165, 1.54) is 0 Å². The zero-order chi connectivity index (χ0) is 17.1. The van der Waals surface area contributed by atoms with Gasteiger partial charge < -0.3 is 19.7 Å². The van der Waals surface area contributed by atoms with E-state index >= 15 is 0 Å². The van der Waals surface area contributed by atoms with Gasteiger partial charge in [-0.1, -0.05) is 0 Å². The molecule has 0 radical (unpaired) electrons. The van der Waals surface area contributed by atoms with Gasteiger partial charge in [-0.25, -0.2) is 13.6 Å². The molecule has 0 bridgehead atoms. The second kappa shape index (κ2) is 7.34. The number of ether oxygens (including phenoxy) is 2. The van der Waals surface area contributed by atoms with E-state index in [0.29, 0.717) is 32.2 Å². The second-order valence-corrected chi connectivity index (χ2v) is 6.42. The van der Waals surface area contributed by atoms with Gasteiger partial charge in [0.2, 0.25) is 0 Å².